The van der Waals surface area contributed by atoms with Crippen LogP contribution in [0.3, 0.4) is 0 Å². The molecule has 1 atom stereocenters. The summed E-state index contributed by atoms with van der Waals surface area (Å²) in [6.07, 6.45) is 2.06. The van der Waals surface area contributed by atoms with E-state index in [9.17, 15) is 10.1 Å². The first-order chi connectivity index (χ1) is 9.10. The molecule has 1 N–H and O–H groups in total. The second-order valence-corrected chi connectivity index (χ2v) is 3.93. The second kappa shape index (κ2) is 7.47. The predicted octanol–water partition coefficient (Wildman–Crippen LogP) is 1.62. The van der Waals surface area contributed by atoms with Gasteiger partial charge in [-0.1, -0.05) is 6.92 Å². The summed E-state index contributed by atoms with van der Waals surface area (Å²) in [5.41, 5.74) is -0.251. The Hall–Kier alpha value is -1.96. The highest BCUT2D eigenvalue weighted by molar-refractivity contribution is 5.61. The Morgan fingerprint density at radius 3 is 2.79 bits per heavy atom. The Morgan fingerprint density at radius 1 is 1.47 bits per heavy atom. The summed E-state index contributed by atoms with van der Waals surface area (Å²) >= 11 is 0. The van der Waals surface area contributed by atoms with Gasteiger partial charge >= 0.3 is 5.69 Å². The van der Waals surface area contributed by atoms with Crippen molar-refractivity contribution in [1.82, 2.24) is 9.97 Å². The van der Waals surface area contributed by atoms with E-state index >= 15 is 0 Å². The molecule has 1 aromatic heterocycles. The van der Waals surface area contributed by atoms with Crippen LogP contribution in [0.1, 0.15) is 20.3 Å². The van der Waals surface area contributed by atoms with E-state index in [1.807, 2.05) is 13.8 Å². The number of hydrogen-bond acceptors (Lipinski definition) is 7. The highest BCUT2D eigenvalue weighted by atomic mass is 16.6. The summed E-state index contributed by atoms with van der Waals surface area (Å²) in [6, 6.07) is 0.0698. The lowest BCUT2D eigenvalue weighted by Crippen LogP contribution is -2.17. The highest BCUT2D eigenvalue weighted by Gasteiger charge is 2.25. The van der Waals surface area contributed by atoms with E-state index in [0.717, 1.165) is 6.42 Å². The normalized spacial score (nSPS) is 11.9. The average Bonchev–Trinajstić information content (AvgIpc) is 2.38. The summed E-state index contributed by atoms with van der Waals surface area (Å²) in [5, 5.41) is 14.1. The molecular weight excluding hydrogens is 252 g/mol. The SMILES string of the molecule is CCC(C)Nc1ncnc(OCCOC)c1[N+](=O)[O-]. The van der Waals surface area contributed by atoms with Crippen LogP contribution in [0.5, 0.6) is 5.88 Å². The van der Waals surface area contributed by atoms with Gasteiger partial charge < -0.3 is 14.8 Å². The Bertz CT molecular complexity index is 427. The van der Waals surface area contributed by atoms with Crippen LogP contribution in [-0.4, -0.2) is 41.3 Å². The fraction of sp³-hybridized carbons (Fsp3) is 0.636. The number of nitrogens with one attached hydrogen (secondary N) is 1. The van der Waals surface area contributed by atoms with E-state index in [1.165, 1.54) is 13.4 Å². The highest BCUT2D eigenvalue weighted by Crippen LogP contribution is 2.31. The van der Waals surface area contributed by atoms with Gasteiger partial charge in [0.2, 0.25) is 5.82 Å². The molecule has 0 spiro atoms. The summed E-state index contributed by atoms with van der Waals surface area (Å²) in [7, 11) is 1.52. The minimum absolute atomic E-state index is 0.0529. The smallest absolute Gasteiger partial charge is 0.372 e. The maximum atomic E-state index is 11.1. The summed E-state index contributed by atoms with van der Waals surface area (Å²) < 4.78 is 10.1. The van der Waals surface area contributed by atoms with E-state index < -0.39 is 4.92 Å². The Kier molecular flexibility index (Phi) is 5.94. The zero-order valence-electron chi connectivity index (χ0n) is 11.3. The number of nitrogens with zero attached hydrogens (tertiary/aromatic N) is 3. The van der Waals surface area contributed by atoms with Crippen LogP contribution in [0.2, 0.25) is 0 Å². The molecule has 19 heavy (non-hydrogen) atoms. The summed E-state index contributed by atoms with van der Waals surface area (Å²) in [6.45, 7) is 4.41. The van der Waals surface area contributed by atoms with Crippen molar-refractivity contribution in [3.8, 4) is 5.88 Å². The molecule has 0 bridgehead atoms. The number of nitro groups is 1. The van der Waals surface area contributed by atoms with Gasteiger partial charge in [0.05, 0.1) is 11.5 Å². The third-order valence-electron chi connectivity index (χ3n) is 2.49. The van der Waals surface area contributed by atoms with Gasteiger partial charge in [-0.05, 0) is 13.3 Å². The standard InChI is InChI=1S/C11H18N4O4/c1-4-8(2)14-10-9(15(16)17)11(13-7-12-10)19-6-5-18-3/h7-8H,4-6H2,1-3H3,(H,12,13,14). The van der Waals surface area contributed by atoms with Crippen molar-refractivity contribution in [1.29, 1.82) is 0 Å². The lowest BCUT2D eigenvalue weighted by molar-refractivity contribution is -0.385. The fourth-order valence-corrected chi connectivity index (χ4v) is 1.30. The van der Waals surface area contributed by atoms with E-state index in [-0.39, 0.29) is 30.0 Å². The average molecular weight is 270 g/mol. The molecule has 0 radical (unpaired) electrons. The molecule has 1 unspecified atom stereocenters. The first-order valence-electron chi connectivity index (χ1n) is 5.97. The first-order valence-corrected chi connectivity index (χ1v) is 5.97. The number of rotatable bonds is 8. The number of ether oxygens (including phenoxy) is 2. The van der Waals surface area contributed by atoms with Crippen LogP contribution in [0.15, 0.2) is 6.33 Å². The van der Waals surface area contributed by atoms with Gasteiger partial charge in [0.15, 0.2) is 0 Å². The summed E-state index contributed by atoms with van der Waals surface area (Å²) in [5.74, 6) is 0.115. The van der Waals surface area contributed by atoms with Gasteiger partial charge in [-0.15, -0.1) is 0 Å². The van der Waals surface area contributed by atoms with Gasteiger partial charge in [0, 0.05) is 13.2 Å². The third kappa shape index (κ3) is 4.32. The lowest BCUT2D eigenvalue weighted by atomic mass is 10.2. The van der Waals surface area contributed by atoms with Crippen LogP contribution in [0.25, 0.3) is 0 Å². The molecule has 1 heterocycles. The molecular formula is C11H18N4O4. The van der Waals surface area contributed by atoms with Crippen LogP contribution >= 0.6 is 0 Å². The maximum Gasteiger partial charge on any atom is 0.372 e. The number of hydrogen-bond donors (Lipinski definition) is 1. The fourth-order valence-electron chi connectivity index (χ4n) is 1.30. The molecule has 8 heteroatoms. The minimum atomic E-state index is -0.549. The molecule has 8 nitrogen and oxygen atoms in total. The molecule has 106 valence electrons. The molecule has 0 saturated heterocycles. The largest absolute Gasteiger partial charge is 0.470 e. The molecule has 0 aliphatic rings. The van der Waals surface area contributed by atoms with Crippen molar-refractivity contribution in [3.63, 3.8) is 0 Å². The van der Waals surface area contributed by atoms with Crippen molar-refractivity contribution in [2.45, 2.75) is 26.3 Å². The zero-order chi connectivity index (χ0) is 14.3. The Morgan fingerprint density at radius 2 is 2.21 bits per heavy atom. The monoisotopic (exact) mass is 270 g/mol. The lowest BCUT2D eigenvalue weighted by Gasteiger charge is -2.13. The van der Waals surface area contributed by atoms with E-state index in [4.69, 9.17) is 9.47 Å². The minimum Gasteiger partial charge on any atom is -0.470 e. The number of aromatic nitrogens is 2. The maximum absolute atomic E-state index is 11.1. The third-order valence-corrected chi connectivity index (χ3v) is 2.49. The molecule has 1 rings (SSSR count). The van der Waals surface area contributed by atoms with Crippen molar-refractivity contribution >= 4 is 11.5 Å². The van der Waals surface area contributed by atoms with Crippen LogP contribution < -0.4 is 10.1 Å². The predicted molar refractivity (Wildman–Crippen MR) is 69.4 cm³/mol. The Labute approximate surface area is 111 Å². The van der Waals surface area contributed by atoms with Gasteiger partial charge in [0.25, 0.3) is 5.88 Å². The number of methoxy groups -OCH3 is 1. The van der Waals surface area contributed by atoms with Gasteiger partial charge in [-0.3, -0.25) is 10.1 Å². The van der Waals surface area contributed by atoms with Crippen molar-refractivity contribution in [2.24, 2.45) is 0 Å². The van der Waals surface area contributed by atoms with E-state index in [0.29, 0.717) is 6.61 Å². The van der Waals surface area contributed by atoms with Crippen molar-refractivity contribution in [3.05, 3.63) is 16.4 Å². The van der Waals surface area contributed by atoms with Crippen molar-refractivity contribution < 1.29 is 14.4 Å². The van der Waals surface area contributed by atoms with Gasteiger partial charge in [-0.25, -0.2) is 4.98 Å². The molecule has 0 aromatic carbocycles. The molecule has 1 aromatic rings. The Balaban J connectivity index is 2.97. The topological polar surface area (TPSA) is 99.4 Å². The zero-order valence-corrected chi connectivity index (χ0v) is 11.3. The molecule has 0 aliphatic carbocycles. The van der Waals surface area contributed by atoms with Crippen LogP contribution in [0, 0.1) is 10.1 Å². The van der Waals surface area contributed by atoms with Gasteiger partial charge in [0.1, 0.15) is 12.9 Å². The molecule has 0 fully saturated rings. The van der Waals surface area contributed by atoms with Crippen LogP contribution in [0.4, 0.5) is 11.5 Å². The van der Waals surface area contributed by atoms with Crippen LogP contribution in [-0.2, 0) is 4.74 Å². The quantitative estimate of drug-likeness (QED) is 0.435. The molecule has 0 saturated carbocycles. The van der Waals surface area contributed by atoms with E-state index in [2.05, 4.69) is 15.3 Å². The second-order valence-electron chi connectivity index (χ2n) is 3.93. The van der Waals surface area contributed by atoms with Gasteiger partial charge in [-0.2, -0.15) is 4.98 Å². The van der Waals surface area contributed by atoms with E-state index in [1.54, 1.807) is 0 Å². The first kappa shape index (κ1) is 15.1. The number of anilines is 1. The van der Waals surface area contributed by atoms with Crippen molar-refractivity contribution in [2.75, 3.05) is 25.6 Å². The summed E-state index contributed by atoms with van der Waals surface area (Å²) in [4.78, 5) is 18.3. The molecule has 0 amide bonds. The molecule has 0 aliphatic heterocycles.